The Kier molecular flexibility index (Phi) is 18.5. The Hall–Kier alpha value is -3.74. The van der Waals surface area contributed by atoms with Crippen LogP contribution in [-0.2, 0) is 21.1 Å². The molecule has 18 heteroatoms. The lowest BCUT2D eigenvalue weighted by molar-refractivity contribution is -0.156. The molecule has 6 N–H and O–H groups in total. The van der Waals surface area contributed by atoms with Gasteiger partial charge in [0.2, 0.25) is 12.6 Å². The Labute approximate surface area is 328 Å². The number of para-hydroxylation sites is 2. The topological polar surface area (TPSA) is 178 Å². The maximum atomic E-state index is 12.2. The van der Waals surface area contributed by atoms with Crippen molar-refractivity contribution in [3.8, 4) is 0 Å². The van der Waals surface area contributed by atoms with Gasteiger partial charge in [0.05, 0.1) is 33.3 Å². The van der Waals surface area contributed by atoms with Crippen LogP contribution in [0.5, 0.6) is 0 Å². The highest BCUT2D eigenvalue weighted by Gasteiger charge is 2.25. The number of thioether (sulfide) groups is 2. The summed E-state index contributed by atoms with van der Waals surface area (Å²) in [6.45, 7) is 4.00. The molecular weight excluding hydrogens is 783 g/mol. The van der Waals surface area contributed by atoms with E-state index >= 15 is 0 Å². The summed E-state index contributed by atoms with van der Waals surface area (Å²) < 4.78 is 62.5. The van der Waals surface area contributed by atoms with Crippen LogP contribution in [0.15, 0.2) is 46.0 Å². The number of hydrogen-bond donors (Lipinski definition) is 4. The Morgan fingerprint density at radius 1 is 0.643 bits per heavy atom. The van der Waals surface area contributed by atoms with Gasteiger partial charge < -0.3 is 21.4 Å². The van der Waals surface area contributed by atoms with E-state index in [1.54, 1.807) is 0 Å². The van der Waals surface area contributed by atoms with Crippen molar-refractivity contribution in [2.75, 3.05) is 0 Å². The Balaban J connectivity index is 0.000000234. The van der Waals surface area contributed by atoms with Gasteiger partial charge in [0.15, 0.2) is 0 Å². The second kappa shape index (κ2) is 22.3. The summed E-state index contributed by atoms with van der Waals surface area (Å²) >= 11 is 3.80. The van der Waals surface area contributed by atoms with Gasteiger partial charge in [-0.05, 0) is 88.5 Å². The molecule has 2 heterocycles. The fourth-order valence-corrected chi connectivity index (χ4v) is 8.49. The van der Waals surface area contributed by atoms with Crippen molar-refractivity contribution in [1.29, 1.82) is 0 Å². The molecule has 2 aromatic heterocycles. The zero-order chi connectivity index (χ0) is 41.5. The monoisotopic (exact) mass is 830 g/mol. The number of nitrogens with zero attached hydrogens (tertiary/aromatic N) is 2. The van der Waals surface area contributed by atoms with Crippen LogP contribution < -0.4 is 22.6 Å². The summed E-state index contributed by atoms with van der Waals surface area (Å²) in [5.41, 5.74) is 15.7. The molecule has 0 saturated heterocycles. The zero-order valence-corrected chi connectivity index (χ0v) is 32.8. The third kappa shape index (κ3) is 16.4. The number of halogens is 6. The number of aldehydes is 2. The van der Waals surface area contributed by atoms with Gasteiger partial charge in [-0.1, -0.05) is 37.1 Å². The molecule has 6 rings (SSSR count). The molecule has 2 fully saturated rings. The highest BCUT2D eigenvalue weighted by molar-refractivity contribution is 7.99. The molecule has 2 saturated carbocycles. The van der Waals surface area contributed by atoms with Gasteiger partial charge in [0.25, 0.3) is 11.1 Å². The number of rotatable bonds is 6. The normalized spacial score (nSPS) is 20.2. The second-order valence-electron chi connectivity index (χ2n) is 13.7. The number of benzene rings is 2. The summed E-state index contributed by atoms with van der Waals surface area (Å²) in [4.78, 5) is 56.9. The molecule has 10 nitrogen and oxygen atoms in total. The van der Waals surface area contributed by atoms with E-state index in [9.17, 15) is 35.9 Å². The van der Waals surface area contributed by atoms with E-state index in [-0.39, 0.29) is 11.1 Å². The van der Waals surface area contributed by atoms with Gasteiger partial charge in [-0.15, -0.1) is 0 Å². The van der Waals surface area contributed by atoms with E-state index in [0.29, 0.717) is 33.4 Å². The molecule has 2 aromatic carbocycles. The Bertz CT molecular complexity index is 1850. The number of carbonyl (C=O) groups excluding carboxylic acids is 2. The first-order chi connectivity index (χ1) is 26.4. The average molecular weight is 831 g/mol. The summed E-state index contributed by atoms with van der Waals surface area (Å²) in [6.07, 6.45) is 0.286. The smallest absolute Gasteiger partial charge is 0.328 e. The first-order valence-electron chi connectivity index (χ1n) is 18.2. The lowest BCUT2D eigenvalue weighted by Gasteiger charge is -2.13. The van der Waals surface area contributed by atoms with Gasteiger partial charge in [-0.2, -0.15) is 49.9 Å². The minimum absolute atomic E-state index is 0.0350. The number of H-pyrrole nitrogens is 2. The second-order valence-corrected chi connectivity index (χ2v) is 16.3. The van der Waals surface area contributed by atoms with Crippen molar-refractivity contribution in [2.24, 2.45) is 11.5 Å². The molecule has 0 amide bonds. The number of aromatic amines is 2. The van der Waals surface area contributed by atoms with Crippen LogP contribution in [0.3, 0.4) is 0 Å². The highest BCUT2D eigenvalue weighted by atomic mass is 32.2. The predicted octanol–water partition coefficient (Wildman–Crippen LogP) is 7.74. The number of fused-ring (bicyclic) bond motifs is 2. The third-order valence-electron chi connectivity index (χ3n) is 9.07. The van der Waals surface area contributed by atoms with Crippen molar-refractivity contribution in [2.45, 2.75) is 124 Å². The molecule has 0 aliphatic heterocycles. The van der Waals surface area contributed by atoms with Crippen LogP contribution in [0.4, 0.5) is 26.3 Å². The van der Waals surface area contributed by atoms with Crippen molar-refractivity contribution < 1.29 is 35.9 Å². The van der Waals surface area contributed by atoms with E-state index in [1.165, 1.54) is 38.5 Å². The van der Waals surface area contributed by atoms with Crippen molar-refractivity contribution in [1.82, 2.24) is 19.9 Å². The van der Waals surface area contributed by atoms with Crippen molar-refractivity contribution in [3.63, 3.8) is 0 Å². The zero-order valence-electron chi connectivity index (χ0n) is 31.2. The number of aryl methyl sites for hydroxylation is 2. The Morgan fingerprint density at radius 2 is 1.00 bits per heavy atom. The number of alkyl halides is 6. The van der Waals surface area contributed by atoms with Gasteiger partial charge in [0, 0.05) is 22.6 Å². The molecule has 0 spiro atoms. The summed E-state index contributed by atoms with van der Waals surface area (Å²) in [6, 6.07) is 12.2. The van der Waals surface area contributed by atoms with E-state index in [4.69, 9.17) is 21.1 Å². The quantitative estimate of drug-likeness (QED) is 0.0854. The van der Waals surface area contributed by atoms with Crippen molar-refractivity contribution in [3.05, 3.63) is 79.9 Å². The fourth-order valence-electron chi connectivity index (χ4n) is 6.16. The summed E-state index contributed by atoms with van der Waals surface area (Å²) in [7, 11) is 0. The fraction of sp³-hybridized carbons (Fsp3) is 0.526. The van der Waals surface area contributed by atoms with Crippen molar-refractivity contribution >= 4 is 57.9 Å². The SMILES string of the molecule is Cc1cccc2c(=O)[nH]c(CS[C@H]3CCC[C@@H](N)CC3)nc12.Cc1cccc2c(=O)[nH]c(CS[C@H]3CCC[C@H](N)CC3)nc12.O=CC(F)(F)F.O=CC(F)(F)F. The average Bonchev–Trinajstić information content (AvgIpc) is 3.49. The first kappa shape index (κ1) is 46.6. The van der Waals surface area contributed by atoms with E-state index in [0.717, 1.165) is 71.0 Å². The maximum Gasteiger partial charge on any atom is 0.446 e. The summed E-state index contributed by atoms with van der Waals surface area (Å²) in [5, 5.41) is 2.61. The summed E-state index contributed by atoms with van der Waals surface area (Å²) in [5.74, 6) is 3.09. The van der Waals surface area contributed by atoms with Gasteiger partial charge >= 0.3 is 12.4 Å². The number of nitrogens with one attached hydrogen (secondary N) is 2. The van der Waals surface area contributed by atoms with Crippen LogP contribution in [0.2, 0.25) is 0 Å². The highest BCUT2D eigenvalue weighted by Crippen LogP contribution is 2.30. The lowest BCUT2D eigenvalue weighted by Crippen LogP contribution is -2.18. The molecule has 0 unspecified atom stereocenters. The maximum absolute atomic E-state index is 12.2. The van der Waals surface area contributed by atoms with E-state index in [2.05, 4.69) is 19.9 Å². The lowest BCUT2D eigenvalue weighted by atomic mass is 10.1. The van der Waals surface area contributed by atoms with Gasteiger partial charge in [0.1, 0.15) is 11.6 Å². The molecule has 2 aliphatic carbocycles. The van der Waals surface area contributed by atoms with Gasteiger partial charge in [-0.3, -0.25) is 19.2 Å². The molecule has 2 aliphatic rings. The molecule has 308 valence electrons. The molecular formula is C38H48F6N6O4S2. The number of hydrogen-bond acceptors (Lipinski definition) is 10. The molecule has 0 radical (unpaired) electrons. The predicted molar refractivity (Wildman–Crippen MR) is 211 cm³/mol. The van der Waals surface area contributed by atoms with Crippen LogP contribution >= 0.6 is 23.5 Å². The van der Waals surface area contributed by atoms with E-state index < -0.39 is 24.9 Å². The largest absolute Gasteiger partial charge is 0.446 e. The minimum atomic E-state index is -4.64. The number of carbonyl (C=O) groups is 2. The third-order valence-corrected chi connectivity index (χ3v) is 11.8. The molecule has 4 atom stereocenters. The van der Waals surface area contributed by atoms with Crippen LogP contribution in [0.25, 0.3) is 21.8 Å². The van der Waals surface area contributed by atoms with Gasteiger partial charge in [-0.25, -0.2) is 9.97 Å². The van der Waals surface area contributed by atoms with Crippen LogP contribution in [-0.4, -0.2) is 67.4 Å². The Morgan fingerprint density at radius 3 is 1.34 bits per heavy atom. The number of aromatic nitrogens is 4. The molecule has 56 heavy (non-hydrogen) atoms. The van der Waals surface area contributed by atoms with Crippen LogP contribution in [0.1, 0.15) is 87.0 Å². The standard InChI is InChI=1S/2C17H23N3OS.2C2HF3O/c2*1-11-4-2-7-14-16(11)19-15(20-17(14)21)10-22-13-6-3-5-12(18)8-9-13;2*3-2(4,5)1-6/h2*2,4,7,12-13H,3,5-6,8-10,18H2,1H3,(H,19,20,21);2*1H/t12-,13+;12-,13-;;/m10../s1. The molecule has 0 bridgehead atoms. The van der Waals surface area contributed by atoms with E-state index in [1.807, 2.05) is 73.8 Å². The number of nitrogens with two attached hydrogens (primary N) is 2. The minimum Gasteiger partial charge on any atom is -0.328 e. The first-order valence-corrected chi connectivity index (χ1v) is 20.3. The molecule has 4 aromatic rings. The van der Waals surface area contributed by atoms with Crippen LogP contribution in [0, 0.1) is 13.8 Å².